The van der Waals surface area contributed by atoms with Gasteiger partial charge in [-0.15, -0.1) is 0 Å². The van der Waals surface area contributed by atoms with Crippen LogP contribution in [0.3, 0.4) is 0 Å². The number of nitriles is 1. The third-order valence-electron chi connectivity index (χ3n) is 3.65. The molecule has 0 aliphatic heterocycles. The Morgan fingerprint density at radius 3 is 2.76 bits per heavy atom. The van der Waals surface area contributed by atoms with Crippen LogP contribution >= 0.6 is 0 Å². The van der Waals surface area contributed by atoms with E-state index in [-0.39, 0.29) is 5.92 Å². The minimum absolute atomic E-state index is 0.00339. The van der Waals surface area contributed by atoms with Crippen LogP contribution in [0.1, 0.15) is 51.8 Å². The summed E-state index contributed by atoms with van der Waals surface area (Å²) in [6.45, 7) is 8.66. The number of hydrogen-bond acceptors (Lipinski definition) is 5. The molecule has 1 saturated carbocycles. The van der Waals surface area contributed by atoms with E-state index in [0.717, 1.165) is 37.0 Å². The van der Waals surface area contributed by atoms with E-state index in [4.69, 9.17) is 10.2 Å². The molecule has 1 N–H and O–H groups in total. The van der Waals surface area contributed by atoms with Crippen molar-refractivity contribution in [3.63, 3.8) is 0 Å². The van der Waals surface area contributed by atoms with Crippen molar-refractivity contribution < 1.29 is 0 Å². The van der Waals surface area contributed by atoms with Crippen molar-refractivity contribution in [2.75, 3.05) is 29.9 Å². The van der Waals surface area contributed by atoms with Crippen molar-refractivity contribution in [3.8, 4) is 6.07 Å². The second kappa shape index (κ2) is 7.26. The fourth-order valence-corrected chi connectivity index (χ4v) is 2.24. The van der Waals surface area contributed by atoms with E-state index in [1.165, 1.54) is 12.8 Å². The summed E-state index contributed by atoms with van der Waals surface area (Å²) >= 11 is 0. The van der Waals surface area contributed by atoms with Crippen LogP contribution in [0.15, 0.2) is 6.07 Å². The molecular formula is C16H25N5. The Kier molecular flexibility index (Phi) is 5.38. The smallest absolute Gasteiger partial charge is 0.136 e. The van der Waals surface area contributed by atoms with Gasteiger partial charge in [0.2, 0.25) is 0 Å². The molecule has 5 nitrogen and oxygen atoms in total. The van der Waals surface area contributed by atoms with Gasteiger partial charge in [-0.05, 0) is 33.1 Å². The molecule has 5 heteroatoms. The molecule has 1 unspecified atom stereocenters. The van der Waals surface area contributed by atoms with Gasteiger partial charge in [-0.2, -0.15) is 5.26 Å². The minimum Gasteiger partial charge on any atom is -0.370 e. The van der Waals surface area contributed by atoms with E-state index in [1.54, 1.807) is 0 Å². The first kappa shape index (κ1) is 15.6. The molecule has 0 radical (unpaired) electrons. The quantitative estimate of drug-likeness (QED) is 0.795. The molecule has 114 valence electrons. The average molecular weight is 287 g/mol. The molecule has 1 atom stereocenters. The van der Waals surface area contributed by atoms with Gasteiger partial charge in [-0.3, -0.25) is 0 Å². The fourth-order valence-electron chi connectivity index (χ4n) is 2.24. The van der Waals surface area contributed by atoms with E-state index in [9.17, 15) is 0 Å². The lowest BCUT2D eigenvalue weighted by molar-refractivity contribution is 0.676. The van der Waals surface area contributed by atoms with E-state index in [0.29, 0.717) is 12.5 Å². The van der Waals surface area contributed by atoms with Crippen LogP contribution < -0.4 is 10.2 Å². The summed E-state index contributed by atoms with van der Waals surface area (Å²) < 4.78 is 0. The summed E-state index contributed by atoms with van der Waals surface area (Å²) in [6, 6.07) is 4.31. The molecule has 2 rings (SSSR count). The van der Waals surface area contributed by atoms with Crippen molar-refractivity contribution >= 4 is 11.6 Å². The largest absolute Gasteiger partial charge is 0.370 e. The number of anilines is 2. The summed E-state index contributed by atoms with van der Waals surface area (Å²) in [5.41, 5.74) is 0. The van der Waals surface area contributed by atoms with E-state index >= 15 is 0 Å². The van der Waals surface area contributed by atoms with Crippen molar-refractivity contribution in [1.82, 2.24) is 9.97 Å². The summed E-state index contributed by atoms with van der Waals surface area (Å²) in [6.07, 6.45) is 3.45. The Balaban J connectivity index is 2.22. The maximum atomic E-state index is 9.03. The topological polar surface area (TPSA) is 64.8 Å². The maximum Gasteiger partial charge on any atom is 0.136 e. The van der Waals surface area contributed by atoms with Crippen LogP contribution in [0.2, 0.25) is 0 Å². The predicted octanol–water partition coefficient (Wildman–Crippen LogP) is 3.16. The van der Waals surface area contributed by atoms with Crippen molar-refractivity contribution in [2.24, 2.45) is 5.92 Å². The second-order valence-electron chi connectivity index (χ2n) is 5.74. The summed E-state index contributed by atoms with van der Waals surface area (Å²) in [5.74, 6) is 3.33. The Morgan fingerprint density at radius 1 is 1.43 bits per heavy atom. The predicted molar refractivity (Wildman–Crippen MR) is 85.5 cm³/mol. The monoisotopic (exact) mass is 287 g/mol. The standard InChI is InChI=1S/C16H25N5/c1-4-8-18-14-9-15(20-16(19-14)13-6-7-13)21(5-2)11-12(3)10-17/h9,12-13H,4-8,11H2,1-3H3,(H,18,19,20). The number of rotatable bonds is 8. The van der Waals surface area contributed by atoms with Gasteiger partial charge in [0.1, 0.15) is 17.5 Å². The van der Waals surface area contributed by atoms with Crippen LogP contribution in [0.25, 0.3) is 0 Å². The Hall–Kier alpha value is -1.83. The zero-order chi connectivity index (χ0) is 15.2. The zero-order valence-electron chi connectivity index (χ0n) is 13.3. The van der Waals surface area contributed by atoms with Crippen LogP contribution in [-0.2, 0) is 0 Å². The highest BCUT2D eigenvalue weighted by molar-refractivity contribution is 5.50. The summed E-state index contributed by atoms with van der Waals surface area (Å²) in [5, 5.41) is 12.4. The van der Waals surface area contributed by atoms with Crippen molar-refractivity contribution in [1.29, 1.82) is 5.26 Å². The fraction of sp³-hybridized carbons (Fsp3) is 0.688. The molecule has 21 heavy (non-hydrogen) atoms. The normalized spacial score (nSPS) is 15.3. The Bertz CT molecular complexity index is 504. The molecule has 1 aromatic heterocycles. The Morgan fingerprint density at radius 2 is 2.19 bits per heavy atom. The molecule has 1 aliphatic carbocycles. The number of nitrogens with one attached hydrogen (secondary N) is 1. The van der Waals surface area contributed by atoms with Gasteiger partial charge >= 0.3 is 0 Å². The second-order valence-corrected chi connectivity index (χ2v) is 5.74. The van der Waals surface area contributed by atoms with Crippen LogP contribution in [0.5, 0.6) is 0 Å². The van der Waals surface area contributed by atoms with Crippen LogP contribution in [0.4, 0.5) is 11.6 Å². The first-order chi connectivity index (χ1) is 10.2. The lowest BCUT2D eigenvalue weighted by Crippen LogP contribution is -2.29. The molecule has 0 saturated heterocycles. The first-order valence-electron chi connectivity index (χ1n) is 7.95. The molecule has 1 fully saturated rings. The third-order valence-corrected chi connectivity index (χ3v) is 3.65. The SMILES string of the molecule is CCCNc1cc(N(CC)CC(C)C#N)nc(C2CC2)n1. The highest BCUT2D eigenvalue weighted by Crippen LogP contribution is 2.39. The summed E-state index contributed by atoms with van der Waals surface area (Å²) in [7, 11) is 0. The average Bonchev–Trinajstić information content (AvgIpc) is 3.34. The lowest BCUT2D eigenvalue weighted by Gasteiger charge is -2.24. The lowest BCUT2D eigenvalue weighted by atomic mass is 10.2. The Labute approximate surface area is 127 Å². The third kappa shape index (κ3) is 4.32. The molecule has 0 amide bonds. The number of aromatic nitrogens is 2. The number of hydrogen-bond donors (Lipinski definition) is 1. The van der Waals surface area contributed by atoms with Gasteiger partial charge in [0.15, 0.2) is 0 Å². The molecular weight excluding hydrogens is 262 g/mol. The van der Waals surface area contributed by atoms with Gasteiger partial charge < -0.3 is 10.2 Å². The molecule has 0 spiro atoms. The van der Waals surface area contributed by atoms with Crippen LogP contribution in [-0.4, -0.2) is 29.6 Å². The highest BCUT2D eigenvalue weighted by atomic mass is 15.2. The van der Waals surface area contributed by atoms with Gasteiger partial charge in [0.05, 0.1) is 12.0 Å². The number of nitrogens with zero attached hydrogens (tertiary/aromatic N) is 4. The molecule has 1 heterocycles. The highest BCUT2D eigenvalue weighted by Gasteiger charge is 2.28. The molecule has 0 bridgehead atoms. The molecule has 1 aromatic rings. The summed E-state index contributed by atoms with van der Waals surface area (Å²) in [4.78, 5) is 11.5. The first-order valence-corrected chi connectivity index (χ1v) is 7.95. The van der Waals surface area contributed by atoms with E-state index in [1.807, 2.05) is 13.0 Å². The van der Waals surface area contributed by atoms with Gasteiger partial charge in [-0.25, -0.2) is 9.97 Å². The van der Waals surface area contributed by atoms with Gasteiger partial charge in [0.25, 0.3) is 0 Å². The van der Waals surface area contributed by atoms with E-state index < -0.39 is 0 Å². The van der Waals surface area contributed by atoms with Crippen molar-refractivity contribution in [3.05, 3.63) is 11.9 Å². The molecule has 0 aromatic carbocycles. The molecule has 1 aliphatic rings. The van der Waals surface area contributed by atoms with E-state index in [2.05, 4.69) is 35.1 Å². The minimum atomic E-state index is -0.00339. The maximum absolute atomic E-state index is 9.03. The zero-order valence-corrected chi connectivity index (χ0v) is 13.3. The van der Waals surface area contributed by atoms with Crippen molar-refractivity contribution in [2.45, 2.75) is 46.0 Å². The van der Waals surface area contributed by atoms with Gasteiger partial charge in [0, 0.05) is 31.6 Å². The van der Waals surface area contributed by atoms with Gasteiger partial charge in [-0.1, -0.05) is 6.92 Å². The van der Waals surface area contributed by atoms with Crippen LogP contribution in [0, 0.1) is 17.2 Å².